The number of carbonyl (C=O) groups is 3. The first-order valence-corrected chi connectivity index (χ1v) is 8.04. The molecule has 0 aliphatic rings. The second kappa shape index (κ2) is 9.22. The molecule has 0 saturated heterocycles. The molecule has 0 bridgehead atoms. The first-order valence-electron chi connectivity index (χ1n) is 8.04. The summed E-state index contributed by atoms with van der Waals surface area (Å²) < 4.78 is 10.5. The van der Waals surface area contributed by atoms with Crippen molar-refractivity contribution in [2.24, 2.45) is 5.73 Å². The number of para-hydroxylation sites is 1. The predicted molar refractivity (Wildman–Crippen MR) is 95.7 cm³/mol. The van der Waals surface area contributed by atoms with Crippen LogP contribution in [-0.4, -0.2) is 30.5 Å². The summed E-state index contributed by atoms with van der Waals surface area (Å²) in [5.41, 5.74) is 5.95. The highest BCUT2D eigenvalue weighted by molar-refractivity contribution is 5.96. The zero-order valence-corrected chi connectivity index (χ0v) is 14.3. The Morgan fingerprint density at radius 2 is 1.69 bits per heavy atom. The predicted octanol–water partition coefficient (Wildman–Crippen LogP) is 2.12. The molecular weight excluding hydrogens is 336 g/mol. The van der Waals surface area contributed by atoms with E-state index in [2.05, 4.69) is 5.32 Å². The number of hydrogen-bond donors (Lipinski definition) is 2. The zero-order chi connectivity index (χ0) is 18.9. The minimum atomic E-state index is -0.963. The van der Waals surface area contributed by atoms with Crippen LogP contribution in [-0.2, 0) is 14.3 Å². The fourth-order valence-corrected chi connectivity index (χ4v) is 2.04. The second-order valence-corrected chi connectivity index (χ2v) is 5.47. The maximum Gasteiger partial charge on any atom is 0.310 e. The lowest BCUT2D eigenvalue weighted by Crippen LogP contribution is -2.30. The van der Waals surface area contributed by atoms with E-state index in [0.717, 1.165) is 0 Å². The van der Waals surface area contributed by atoms with Gasteiger partial charge in [-0.15, -0.1) is 0 Å². The lowest BCUT2D eigenvalue weighted by atomic mass is 10.2. The van der Waals surface area contributed by atoms with Crippen molar-refractivity contribution in [1.82, 2.24) is 0 Å². The van der Waals surface area contributed by atoms with Crippen LogP contribution in [0.25, 0.3) is 0 Å². The van der Waals surface area contributed by atoms with Crippen LogP contribution < -0.4 is 15.8 Å². The van der Waals surface area contributed by atoms with Gasteiger partial charge < -0.3 is 20.5 Å². The SMILES string of the molecule is C[C@@H](OC(=O)CCOc1ccccc1)C(=O)Nc1ccc(C(N)=O)cc1. The van der Waals surface area contributed by atoms with Crippen molar-refractivity contribution >= 4 is 23.5 Å². The fraction of sp³-hybridized carbons (Fsp3) is 0.211. The molecule has 0 aromatic heterocycles. The van der Waals surface area contributed by atoms with Gasteiger partial charge in [0.15, 0.2) is 6.10 Å². The monoisotopic (exact) mass is 356 g/mol. The van der Waals surface area contributed by atoms with E-state index >= 15 is 0 Å². The van der Waals surface area contributed by atoms with Gasteiger partial charge in [-0.3, -0.25) is 14.4 Å². The highest BCUT2D eigenvalue weighted by Crippen LogP contribution is 2.11. The van der Waals surface area contributed by atoms with Crippen molar-refractivity contribution in [3.63, 3.8) is 0 Å². The summed E-state index contributed by atoms with van der Waals surface area (Å²) in [4.78, 5) is 34.8. The third kappa shape index (κ3) is 5.94. The molecule has 1 atom stereocenters. The molecule has 7 heteroatoms. The summed E-state index contributed by atoms with van der Waals surface area (Å²) in [6.45, 7) is 1.63. The Bertz CT molecular complexity index is 759. The number of hydrogen-bond acceptors (Lipinski definition) is 5. The van der Waals surface area contributed by atoms with E-state index in [1.165, 1.54) is 19.1 Å². The molecule has 2 aromatic carbocycles. The number of primary amides is 1. The average Bonchev–Trinajstić information content (AvgIpc) is 2.63. The van der Waals surface area contributed by atoms with Gasteiger partial charge in [0.05, 0.1) is 13.0 Å². The van der Waals surface area contributed by atoms with Crippen molar-refractivity contribution < 1.29 is 23.9 Å². The molecular formula is C19H20N2O5. The third-order valence-electron chi connectivity index (χ3n) is 3.43. The molecule has 2 aromatic rings. The molecule has 0 fully saturated rings. The van der Waals surface area contributed by atoms with Crippen LogP contribution in [0.5, 0.6) is 5.75 Å². The highest BCUT2D eigenvalue weighted by Gasteiger charge is 2.18. The molecule has 0 saturated carbocycles. The van der Waals surface area contributed by atoms with Crippen molar-refractivity contribution in [3.8, 4) is 5.75 Å². The second-order valence-electron chi connectivity index (χ2n) is 5.47. The summed E-state index contributed by atoms with van der Waals surface area (Å²) in [6.07, 6.45) is -0.935. The number of carbonyl (C=O) groups excluding carboxylic acids is 3. The zero-order valence-electron chi connectivity index (χ0n) is 14.3. The maximum absolute atomic E-state index is 12.1. The molecule has 7 nitrogen and oxygen atoms in total. The van der Waals surface area contributed by atoms with Gasteiger partial charge in [-0.05, 0) is 43.3 Å². The summed E-state index contributed by atoms with van der Waals surface area (Å²) in [6, 6.07) is 15.2. The molecule has 3 N–H and O–H groups in total. The fourth-order valence-electron chi connectivity index (χ4n) is 2.04. The molecule has 0 aliphatic heterocycles. The van der Waals surface area contributed by atoms with Gasteiger partial charge in [0, 0.05) is 11.3 Å². The Morgan fingerprint density at radius 3 is 2.31 bits per heavy atom. The Labute approximate surface area is 151 Å². The van der Waals surface area contributed by atoms with Gasteiger partial charge in [0.2, 0.25) is 5.91 Å². The van der Waals surface area contributed by atoms with Crippen LogP contribution in [0.2, 0.25) is 0 Å². The van der Waals surface area contributed by atoms with E-state index in [1.54, 1.807) is 24.3 Å². The number of benzene rings is 2. The van der Waals surface area contributed by atoms with Crippen molar-refractivity contribution in [3.05, 3.63) is 60.2 Å². The van der Waals surface area contributed by atoms with E-state index in [9.17, 15) is 14.4 Å². The maximum atomic E-state index is 12.1. The first kappa shape index (κ1) is 19.0. The van der Waals surface area contributed by atoms with E-state index in [-0.39, 0.29) is 13.0 Å². The molecule has 2 amide bonds. The smallest absolute Gasteiger partial charge is 0.310 e. The highest BCUT2D eigenvalue weighted by atomic mass is 16.5. The molecule has 0 radical (unpaired) electrons. The van der Waals surface area contributed by atoms with Crippen LogP contribution in [0.15, 0.2) is 54.6 Å². The number of nitrogens with two attached hydrogens (primary N) is 1. The summed E-state index contributed by atoms with van der Waals surface area (Å²) in [5.74, 6) is -0.907. The summed E-state index contributed by atoms with van der Waals surface area (Å²) in [5, 5.41) is 2.60. The van der Waals surface area contributed by atoms with E-state index in [4.69, 9.17) is 15.2 Å². The molecule has 0 spiro atoms. The molecule has 0 heterocycles. The van der Waals surface area contributed by atoms with E-state index < -0.39 is 23.9 Å². The Balaban J connectivity index is 1.75. The number of esters is 1. The Hall–Kier alpha value is -3.35. The molecule has 136 valence electrons. The number of rotatable bonds is 8. The van der Waals surface area contributed by atoms with Crippen molar-refractivity contribution in [2.45, 2.75) is 19.4 Å². The van der Waals surface area contributed by atoms with Gasteiger partial charge in [-0.2, -0.15) is 0 Å². The van der Waals surface area contributed by atoms with E-state index in [1.807, 2.05) is 18.2 Å². The molecule has 26 heavy (non-hydrogen) atoms. The van der Waals surface area contributed by atoms with Crippen LogP contribution in [0.3, 0.4) is 0 Å². The normalized spacial score (nSPS) is 11.3. The number of amides is 2. The third-order valence-corrected chi connectivity index (χ3v) is 3.43. The van der Waals surface area contributed by atoms with Gasteiger partial charge in [0.1, 0.15) is 5.75 Å². The number of ether oxygens (including phenoxy) is 2. The van der Waals surface area contributed by atoms with Crippen LogP contribution in [0, 0.1) is 0 Å². The first-order chi connectivity index (χ1) is 12.5. The van der Waals surface area contributed by atoms with Crippen molar-refractivity contribution in [1.29, 1.82) is 0 Å². The quantitative estimate of drug-likeness (QED) is 0.705. The van der Waals surface area contributed by atoms with Gasteiger partial charge in [-0.1, -0.05) is 18.2 Å². The number of anilines is 1. The minimum Gasteiger partial charge on any atom is -0.493 e. The van der Waals surface area contributed by atoms with Gasteiger partial charge in [-0.25, -0.2) is 0 Å². The topological polar surface area (TPSA) is 108 Å². The standard InChI is InChI=1S/C19H20N2O5/c1-13(19(24)21-15-9-7-14(8-10-15)18(20)23)26-17(22)11-12-25-16-5-3-2-4-6-16/h2-10,13H,11-12H2,1H3,(H2,20,23)(H,21,24)/t13-/m1/s1. The summed E-state index contributed by atoms with van der Waals surface area (Å²) >= 11 is 0. The lowest BCUT2D eigenvalue weighted by Gasteiger charge is -2.14. The molecule has 2 rings (SSSR count). The Kier molecular flexibility index (Phi) is 6.73. The average molecular weight is 356 g/mol. The molecule has 0 aliphatic carbocycles. The van der Waals surface area contributed by atoms with Gasteiger partial charge in [0.25, 0.3) is 5.91 Å². The summed E-state index contributed by atoms with van der Waals surface area (Å²) in [7, 11) is 0. The molecule has 0 unspecified atom stereocenters. The Morgan fingerprint density at radius 1 is 1.04 bits per heavy atom. The largest absolute Gasteiger partial charge is 0.493 e. The van der Waals surface area contributed by atoms with Gasteiger partial charge >= 0.3 is 5.97 Å². The van der Waals surface area contributed by atoms with Crippen LogP contribution >= 0.6 is 0 Å². The minimum absolute atomic E-state index is 0.0276. The number of nitrogens with one attached hydrogen (secondary N) is 1. The van der Waals surface area contributed by atoms with Crippen molar-refractivity contribution in [2.75, 3.05) is 11.9 Å². The van der Waals surface area contributed by atoms with Crippen LogP contribution in [0.1, 0.15) is 23.7 Å². The van der Waals surface area contributed by atoms with Crippen LogP contribution in [0.4, 0.5) is 5.69 Å². The van der Waals surface area contributed by atoms with E-state index in [0.29, 0.717) is 17.0 Å². The lowest BCUT2D eigenvalue weighted by molar-refractivity contribution is -0.153.